The van der Waals surface area contributed by atoms with Crippen LogP contribution in [-0.2, 0) is 18.0 Å². The van der Waals surface area contributed by atoms with E-state index in [1.165, 1.54) is 0 Å². The SMILES string of the molecule is COc1cc(COCc2ccccc2Br)ccc1C(=N)N. The van der Waals surface area contributed by atoms with Crippen LogP contribution in [0.25, 0.3) is 0 Å². The van der Waals surface area contributed by atoms with Crippen molar-refractivity contribution in [2.45, 2.75) is 13.2 Å². The maximum absolute atomic E-state index is 7.49. The van der Waals surface area contributed by atoms with Crippen molar-refractivity contribution in [2.24, 2.45) is 5.73 Å². The summed E-state index contributed by atoms with van der Waals surface area (Å²) in [5, 5.41) is 7.49. The van der Waals surface area contributed by atoms with E-state index < -0.39 is 0 Å². The van der Waals surface area contributed by atoms with Gasteiger partial charge in [0.05, 0.1) is 25.9 Å². The maximum Gasteiger partial charge on any atom is 0.130 e. The highest BCUT2D eigenvalue weighted by atomic mass is 79.9. The molecule has 0 aliphatic rings. The molecule has 2 aromatic rings. The highest BCUT2D eigenvalue weighted by molar-refractivity contribution is 9.10. The van der Waals surface area contributed by atoms with E-state index in [9.17, 15) is 0 Å². The molecule has 0 unspecified atom stereocenters. The minimum atomic E-state index is -0.00691. The monoisotopic (exact) mass is 348 g/mol. The van der Waals surface area contributed by atoms with Gasteiger partial charge in [0.15, 0.2) is 0 Å². The van der Waals surface area contributed by atoms with Gasteiger partial charge >= 0.3 is 0 Å². The zero-order valence-electron chi connectivity index (χ0n) is 11.7. The van der Waals surface area contributed by atoms with E-state index in [1.807, 2.05) is 36.4 Å². The summed E-state index contributed by atoms with van der Waals surface area (Å²) in [4.78, 5) is 0. The fraction of sp³-hybridized carbons (Fsp3) is 0.188. The molecule has 0 radical (unpaired) electrons. The normalized spacial score (nSPS) is 10.4. The Bertz CT molecular complexity index is 644. The number of nitrogens with two attached hydrogens (primary N) is 1. The van der Waals surface area contributed by atoms with Crippen LogP contribution in [-0.4, -0.2) is 12.9 Å². The van der Waals surface area contributed by atoms with Gasteiger partial charge in [-0.25, -0.2) is 0 Å². The van der Waals surface area contributed by atoms with E-state index in [4.69, 9.17) is 20.6 Å². The molecule has 0 bridgehead atoms. The van der Waals surface area contributed by atoms with Crippen molar-refractivity contribution in [3.05, 3.63) is 63.6 Å². The van der Waals surface area contributed by atoms with Gasteiger partial charge in [0.1, 0.15) is 11.6 Å². The van der Waals surface area contributed by atoms with Crippen LogP contribution in [0.4, 0.5) is 0 Å². The molecule has 2 aromatic carbocycles. The highest BCUT2D eigenvalue weighted by Crippen LogP contribution is 2.21. The molecule has 0 atom stereocenters. The number of methoxy groups -OCH3 is 1. The number of halogens is 1. The van der Waals surface area contributed by atoms with Crippen molar-refractivity contribution in [1.29, 1.82) is 5.41 Å². The number of ether oxygens (including phenoxy) is 2. The Morgan fingerprint density at radius 1 is 1.19 bits per heavy atom. The molecular formula is C16H17BrN2O2. The van der Waals surface area contributed by atoms with Crippen molar-refractivity contribution in [2.75, 3.05) is 7.11 Å². The summed E-state index contributed by atoms with van der Waals surface area (Å²) < 4.78 is 12.0. The van der Waals surface area contributed by atoms with Gasteiger partial charge in [-0.1, -0.05) is 40.2 Å². The summed E-state index contributed by atoms with van der Waals surface area (Å²) in [5.41, 5.74) is 8.17. The van der Waals surface area contributed by atoms with Gasteiger partial charge in [-0.3, -0.25) is 5.41 Å². The fourth-order valence-corrected chi connectivity index (χ4v) is 2.34. The highest BCUT2D eigenvalue weighted by Gasteiger charge is 2.07. The van der Waals surface area contributed by atoms with E-state index >= 15 is 0 Å². The van der Waals surface area contributed by atoms with Gasteiger partial charge in [-0.2, -0.15) is 0 Å². The van der Waals surface area contributed by atoms with E-state index in [-0.39, 0.29) is 5.84 Å². The Morgan fingerprint density at radius 2 is 1.95 bits per heavy atom. The third-order valence-electron chi connectivity index (χ3n) is 3.04. The van der Waals surface area contributed by atoms with Crippen molar-refractivity contribution in [3.8, 4) is 5.75 Å². The van der Waals surface area contributed by atoms with Gasteiger partial charge in [0.2, 0.25) is 0 Å². The first-order chi connectivity index (χ1) is 10.1. The van der Waals surface area contributed by atoms with Crippen LogP contribution in [0, 0.1) is 5.41 Å². The second-order valence-electron chi connectivity index (χ2n) is 4.53. The molecule has 110 valence electrons. The molecule has 0 aliphatic heterocycles. The van der Waals surface area contributed by atoms with Gasteiger partial charge in [0.25, 0.3) is 0 Å². The van der Waals surface area contributed by atoms with Crippen LogP contribution < -0.4 is 10.5 Å². The first-order valence-electron chi connectivity index (χ1n) is 6.44. The van der Waals surface area contributed by atoms with Crippen molar-refractivity contribution in [3.63, 3.8) is 0 Å². The summed E-state index contributed by atoms with van der Waals surface area (Å²) in [6.45, 7) is 0.994. The van der Waals surface area contributed by atoms with E-state index in [0.717, 1.165) is 15.6 Å². The number of nitrogen functional groups attached to an aromatic ring is 1. The lowest BCUT2D eigenvalue weighted by Crippen LogP contribution is -2.12. The molecule has 21 heavy (non-hydrogen) atoms. The van der Waals surface area contributed by atoms with Gasteiger partial charge in [-0.15, -0.1) is 0 Å². The summed E-state index contributed by atoms with van der Waals surface area (Å²) in [7, 11) is 1.56. The van der Waals surface area contributed by atoms with E-state index in [2.05, 4.69) is 15.9 Å². The van der Waals surface area contributed by atoms with Gasteiger partial charge < -0.3 is 15.2 Å². The third kappa shape index (κ3) is 4.06. The zero-order chi connectivity index (χ0) is 15.2. The second kappa shape index (κ2) is 7.24. The Hall–Kier alpha value is -1.85. The minimum Gasteiger partial charge on any atom is -0.496 e. The third-order valence-corrected chi connectivity index (χ3v) is 3.81. The first kappa shape index (κ1) is 15.5. The molecule has 4 nitrogen and oxygen atoms in total. The minimum absolute atomic E-state index is 0.00691. The lowest BCUT2D eigenvalue weighted by Gasteiger charge is -2.10. The molecule has 0 saturated heterocycles. The van der Waals surface area contributed by atoms with Crippen LogP contribution >= 0.6 is 15.9 Å². The van der Waals surface area contributed by atoms with Crippen molar-refractivity contribution in [1.82, 2.24) is 0 Å². The van der Waals surface area contributed by atoms with Crippen LogP contribution in [0.15, 0.2) is 46.9 Å². The number of benzene rings is 2. The fourth-order valence-electron chi connectivity index (χ4n) is 1.94. The number of nitrogens with one attached hydrogen (secondary N) is 1. The zero-order valence-corrected chi connectivity index (χ0v) is 13.3. The summed E-state index contributed by atoms with van der Waals surface area (Å²) >= 11 is 3.49. The lowest BCUT2D eigenvalue weighted by molar-refractivity contribution is 0.106. The first-order valence-corrected chi connectivity index (χ1v) is 7.23. The quantitative estimate of drug-likeness (QED) is 0.620. The maximum atomic E-state index is 7.49. The molecule has 0 amide bonds. The molecule has 0 aliphatic carbocycles. The topological polar surface area (TPSA) is 68.3 Å². The van der Waals surface area contributed by atoms with Gasteiger partial charge in [-0.05, 0) is 29.3 Å². The standard InChI is InChI=1S/C16H17BrN2O2/c1-20-15-8-11(6-7-13(15)16(18)19)9-21-10-12-4-2-3-5-14(12)17/h2-8H,9-10H2,1H3,(H3,18,19). The Balaban J connectivity index is 2.01. The summed E-state index contributed by atoms with van der Waals surface area (Å²) in [6, 6.07) is 13.5. The van der Waals surface area contributed by atoms with Crippen molar-refractivity contribution >= 4 is 21.8 Å². The molecule has 0 aromatic heterocycles. The smallest absolute Gasteiger partial charge is 0.130 e. The average Bonchev–Trinajstić information content (AvgIpc) is 2.48. The number of hydrogen-bond acceptors (Lipinski definition) is 3. The molecule has 3 N–H and O–H groups in total. The molecule has 0 saturated carbocycles. The van der Waals surface area contributed by atoms with Crippen LogP contribution in [0.3, 0.4) is 0 Å². The van der Waals surface area contributed by atoms with Gasteiger partial charge in [0, 0.05) is 4.47 Å². The van der Waals surface area contributed by atoms with Crippen molar-refractivity contribution < 1.29 is 9.47 Å². The van der Waals surface area contributed by atoms with Crippen LogP contribution in [0.1, 0.15) is 16.7 Å². The molecule has 0 fully saturated rings. The predicted molar refractivity (Wildman–Crippen MR) is 86.6 cm³/mol. The van der Waals surface area contributed by atoms with Crippen LogP contribution in [0.2, 0.25) is 0 Å². The number of amidine groups is 1. The Kier molecular flexibility index (Phi) is 5.36. The summed E-state index contributed by atoms with van der Waals surface area (Å²) in [6.07, 6.45) is 0. The molecule has 5 heteroatoms. The van der Waals surface area contributed by atoms with E-state index in [0.29, 0.717) is 24.5 Å². The molecule has 2 rings (SSSR count). The number of hydrogen-bond donors (Lipinski definition) is 2. The Morgan fingerprint density at radius 3 is 2.62 bits per heavy atom. The van der Waals surface area contributed by atoms with E-state index in [1.54, 1.807) is 13.2 Å². The molecule has 0 spiro atoms. The average molecular weight is 349 g/mol. The number of rotatable bonds is 6. The van der Waals surface area contributed by atoms with Crippen LogP contribution in [0.5, 0.6) is 5.75 Å². The molecular weight excluding hydrogens is 332 g/mol. The predicted octanol–water partition coefficient (Wildman–Crippen LogP) is 3.46. The Labute approximate surface area is 132 Å². The second-order valence-corrected chi connectivity index (χ2v) is 5.39. The molecule has 0 heterocycles. The largest absolute Gasteiger partial charge is 0.496 e. The summed E-state index contributed by atoms with van der Waals surface area (Å²) in [5.74, 6) is 0.581. The lowest BCUT2D eigenvalue weighted by atomic mass is 10.1.